The minimum atomic E-state index is -0.907. The fraction of sp³-hybridized carbons (Fsp3) is 0.583. The number of aromatic nitrogens is 2. The molecule has 1 aromatic heterocycles. The second-order valence-corrected chi connectivity index (χ2v) is 4.42. The number of aromatic amines is 1. The van der Waals surface area contributed by atoms with Gasteiger partial charge in [0.2, 0.25) is 0 Å². The van der Waals surface area contributed by atoms with Crippen LogP contribution in [0.15, 0.2) is 6.20 Å². The average molecular weight is 268 g/mol. The van der Waals surface area contributed by atoms with Gasteiger partial charge < -0.3 is 15.3 Å². The fourth-order valence-electron chi connectivity index (χ4n) is 1.60. The molecular formula is C12H20N4O3. The summed E-state index contributed by atoms with van der Waals surface area (Å²) in [5, 5.41) is 18.1. The Kier molecular flexibility index (Phi) is 5.84. The number of H-pyrrole nitrogens is 1. The summed E-state index contributed by atoms with van der Waals surface area (Å²) in [4.78, 5) is 23.3. The molecule has 1 aromatic rings. The number of hydrogen-bond acceptors (Lipinski definition) is 3. The molecule has 0 saturated carbocycles. The first-order chi connectivity index (χ1) is 9.00. The Morgan fingerprint density at radius 1 is 1.53 bits per heavy atom. The van der Waals surface area contributed by atoms with Crippen molar-refractivity contribution >= 4 is 12.0 Å². The summed E-state index contributed by atoms with van der Waals surface area (Å²) in [5.41, 5.74) is 2.19. The molecule has 2 amide bonds. The van der Waals surface area contributed by atoms with Gasteiger partial charge in [0.15, 0.2) is 0 Å². The van der Waals surface area contributed by atoms with Crippen LogP contribution in [0.5, 0.6) is 0 Å². The first-order valence-electron chi connectivity index (χ1n) is 6.20. The van der Waals surface area contributed by atoms with Crippen molar-refractivity contribution in [2.75, 3.05) is 20.1 Å². The Morgan fingerprint density at radius 2 is 2.26 bits per heavy atom. The van der Waals surface area contributed by atoms with Crippen LogP contribution in [0.4, 0.5) is 4.79 Å². The van der Waals surface area contributed by atoms with Crippen LogP contribution in [0.1, 0.15) is 24.1 Å². The molecule has 0 aliphatic carbocycles. The van der Waals surface area contributed by atoms with Crippen LogP contribution in [0.2, 0.25) is 0 Å². The number of amides is 2. The summed E-state index contributed by atoms with van der Waals surface area (Å²) in [6.45, 7) is 2.73. The van der Waals surface area contributed by atoms with Crippen molar-refractivity contribution in [2.24, 2.45) is 0 Å². The van der Waals surface area contributed by atoms with Crippen molar-refractivity contribution < 1.29 is 14.7 Å². The van der Waals surface area contributed by atoms with Gasteiger partial charge in [-0.3, -0.25) is 9.89 Å². The van der Waals surface area contributed by atoms with E-state index in [0.29, 0.717) is 6.54 Å². The third kappa shape index (κ3) is 5.41. The van der Waals surface area contributed by atoms with Crippen LogP contribution in [-0.2, 0) is 11.2 Å². The molecule has 3 N–H and O–H groups in total. The lowest BCUT2D eigenvalue weighted by Crippen LogP contribution is -2.38. The van der Waals surface area contributed by atoms with Crippen LogP contribution in [-0.4, -0.2) is 52.3 Å². The van der Waals surface area contributed by atoms with Crippen molar-refractivity contribution in [1.29, 1.82) is 0 Å². The number of rotatable bonds is 7. The van der Waals surface area contributed by atoms with Gasteiger partial charge in [-0.1, -0.05) is 0 Å². The van der Waals surface area contributed by atoms with Crippen molar-refractivity contribution in [3.8, 4) is 0 Å². The van der Waals surface area contributed by atoms with E-state index in [1.807, 2.05) is 6.92 Å². The number of hydrogen-bond donors (Lipinski definition) is 3. The molecule has 7 nitrogen and oxygen atoms in total. The first-order valence-corrected chi connectivity index (χ1v) is 6.20. The first kappa shape index (κ1) is 15.0. The molecule has 106 valence electrons. The molecule has 1 heterocycles. The van der Waals surface area contributed by atoms with E-state index < -0.39 is 5.97 Å². The van der Waals surface area contributed by atoms with Crippen LogP contribution < -0.4 is 5.32 Å². The molecule has 0 spiro atoms. The van der Waals surface area contributed by atoms with E-state index in [2.05, 4.69) is 15.5 Å². The van der Waals surface area contributed by atoms with Gasteiger partial charge in [0.25, 0.3) is 0 Å². The van der Waals surface area contributed by atoms with Crippen LogP contribution >= 0.6 is 0 Å². The zero-order valence-corrected chi connectivity index (χ0v) is 11.3. The number of carbonyl (C=O) groups is 2. The van der Waals surface area contributed by atoms with Gasteiger partial charge in [0, 0.05) is 25.8 Å². The third-order valence-corrected chi connectivity index (χ3v) is 2.84. The van der Waals surface area contributed by atoms with Gasteiger partial charge in [-0.2, -0.15) is 5.10 Å². The van der Waals surface area contributed by atoms with E-state index in [-0.39, 0.29) is 19.0 Å². The van der Waals surface area contributed by atoms with Gasteiger partial charge in [0.1, 0.15) is 0 Å². The van der Waals surface area contributed by atoms with E-state index in [9.17, 15) is 9.59 Å². The van der Waals surface area contributed by atoms with Crippen molar-refractivity contribution in [3.63, 3.8) is 0 Å². The number of carboxylic acids is 1. The predicted molar refractivity (Wildman–Crippen MR) is 69.9 cm³/mol. The van der Waals surface area contributed by atoms with Crippen molar-refractivity contribution in [2.45, 2.75) is 26.2 Å². The standard InChI is InChI=1S/C12H20N4O3/c1-9-10(8-14-15-9)4-3-6-13-12(19)16(2)7-5-11(17)18/h8H,3-7H2,1-2H3,(H,13,19)(H,14,15)(H,17,18). The Bertz CT molecular complexity index is 430. The summed E-state index contributed by atoms with van der Waals surface area (Å²) >= 11 is 0. The number of nitrogens with one attached hydrogen (secondary N) is 2. The van der Waals surface area contributed by atoms with Gasteiger partial charge >= 0.3 is 12.0 Å². The number of urea groups is 1. The minimum absolute atomic E-state index is 0.0435. The molecule has 1 rings (SSSR count). The highest BCUT2D eigenvalue weighted by Crippen LogP contribution is 2.05. The highest BCUT2D eigenvalue weighted by atomic mass is 16.4. The highest BCUT2D eigenvalue weighted by molar-refractivity contribution is 5.74. The van der Waals surface area contributed by atoms with E-state index >= 15 is 0 Å². The maximum Gasteiger partial charge on any atom is 0.317 e. The largest absolute Gasteiger partial charge is 0.481 e. The Morgan fingerprint density at radius 3 is 2.84 bits per heavy atom. The van der Waals surface area contributed by atoms with E-state index in [1.165, 1.54) is 4.90 Å². The maximum atomic E-state index is 11.6. The normalized spacial score (nSPS) is 10.2. The molecule has 19 heavy (non-hydrogen) atoms. The van der Waals surface area contributed by atoms with Crippen LogP contribution in [0, 0.1) is 6.92 Å². The number of carbonyl (C=O) groups excluding carboxylic acids is 1. The van der Waals surface area contributed by atoms with Gasteiger partial charge in [0.05, 0.1) is 12.6 Å². The highest BCUT2D eigenvalue weighted by Gasteiger charge is 2.09. The lowest BCUT2D eigenvalue weighted by atomic mass is 10.1. The average Bonchev–Trinajstić information content (AvgIpc) is 2.77. The van der Waals surface area contributed by atoms with E-state index in [4.69, 9.17) is 5.11 Å². The van der Waals surface area contributed by atoms with E-state index in [0.717, 1.165) is 24.1 Å². The van der Waals surface area contributed by atoms with Crippen molar-refractivity contribution in [1.82, 2.24) is 20.4 Å². The molecule has 0 aliphatic rings. The van der Waals surface area contributed by atoms with Gasteiger partial charge in [-0.25, -0.2) is 4.79 Å². The predicted octanol–water partition coefficient (Wildman–Crippen LogP) is 0.767. The van der Waals surface area contributed by atoms with Gasteiger partial charge in [-0.15, -0.1) is 0 Å². The molecule has 0 unspecified atom stereocenters. The van der Waals surface area contributed by atoms with Crippen LogP contribution in [0.3, 0.4) is 0 Å². The summed E-state index contributed by atoms with van der Waals surface area (Å²) in [6.07, 6.45) is 3.41. The summed E-state index contributed by atoms with van der Waals surface area (Å²) in [6, 6.07) is -0.245. The quantitative estimate of drug-likeness (QED) is 0.636. The lowest BCUT2D eigenvalue weighted by Gasteiger charge is -2.16. The third-order valence-electron chi connectivity index (χ3n) is 2.84. The molecule has 0 aliphatic heterocycles. The van der Waals surface area contributed by atoms with Crippen LogP contribution in [0.25, 0.3) is 0 Å². The second-order valence-electron chi connectivity index (χ2n) is 4.42. The Hall–Kier alpha value is -2.05. The maximum absolute atomic E-state index is 11.6. The molecule has 0 aromatic carbocycles. The summed E-state index contributed by atoms with van der Waals surface area (Å²) in [7, 11) is 1.58. The molecule has 0 fully saturated rings. The Labute approximate surface area is 112 Å². The van der Waals surface area contributed by atoms with Gasteiger partial charge in [-0.05, 0) is 25.3 Å². The monoisotopic (exact) mass is 268 g/mol. The molecular weight excluding hydrogens is 248 g/mol. The smallest absolute Gasteiger partial charge is 0.317 e. The lowest BCUT2D eigenvalue weighted by molar-refractivity contribution is -0.137. The molecule has 0 bridgehead atoms. The molecule has 0 radical (unpaired) electrons. The molecule has 7 heteroatoms. The zero-order valence-electron chi connectivity index (χ0n) is 11.3. The number of aryl methyl sites for hydroxylation is 2. The fourth-order valence-corrected chi connectivity index (χ4v) is 1.60. The SMILES string of the molecule is Cc1[nH]ncc1CCCNC(=O)N(C)CCC(=O)O. The number of nitrogens with zero attached hydrogens (tertiary/aromatic N) is 2. The van der Waals surface area contributed by atoms with Crippen molar-refractivity contribution in [3.05, 3.63) is 17.5 Å². The minimum Gasteiger partial charge on any atom is -0.481 e. The number of aliphatic carboxylic acids is 1. The summed E-state index contributed by atoms with van der Waals surface area (Å²) in [5.74, 6) is -0.907. The second kappa shape index (κ2) is 7.40. The molecule has 0 atom stereocenters. The summed E-state index contributed by atoms with van der Waals surface area (Å²) < 4.78 is 0. The Balaban J connectivity index is 2.16. The number of carboxylic acid groups (broad SMARTS) is 1. The zero-order chi connectivity index (χ0) is 14.3. The topological polar surface area (TPSA) is 98.3 Å². The molecule has 0 saturated heterocycles. The van der Waals surface area contributed by atoms with E-state index in [1.54, 1.807) is 13.2 Å².